The molecular weight excluding hydrogens is 416 g/mol. The van der Waals surface area contributed by atoms with Crippen LogP contribution in [0.15, 0.2) is 42.5 Å². The van der Waals surface area contributed by atoms with Gasteiger partial charge in [-0.15, -0.1) is 0 Å². The number of piperazine rings is 1. The highest BCUT2D eigenvalue weighted by Gasteiger charge is 2.49. The van der Waals surface area contributed by atoms with Gasteiger partial charge in [-0.1, -0.05) is 38.1 Å². The lowest BCUT2D eigenvalue weighted by Gasteiger charge is -2.57. The van der Waals surface area contributed by atoms with Crippen molar-refractivity contribution in [1.82, 2.24) is 15.1 Å². The summed E-state index contributed by atoms with van der Waals surface area (Å²) in [6.07, 6.45) is 5.23. The lowest BCUT2D eigenvalue weighted by atomic mass is 9.60. The molecule has 0 radical (unpaired) electrons. The van der Waals surface area contributed by atoms with Crippen molar-refractivity contribution >= 4 is 0 Å². The molecule has 2 heterocycles. The first-order valence-corrected chi connectivity index (χ1v) is 12.7. The second kappa shape index (κ2) is 9.44. The monoisotopic (exact) mass is 453 g/mol. The standard InChI is InChI=1S/C28H37F2N3/c1-20(2)25-5-3-4-6-26(25)27-19-32(18-21-13-22(29)15-23(30)14-21)11-12-33(27)24-16-28(17-24)7-9-31-10-8-28/h3-6,13-15,20,24,27,31H,7-12,16-19H2,1-2H3. The van der Waals surface area contributed by atoms with Crippen molar-refractivity contribution in [2.24, 2.45) is 5.41 Å². The van der Waals surface area contributed by atoms with Gasteiger partial charge in [-0.3, -0.25) is 9.80 Å². The van der Waals surface area contributed by atoms with Crippen molar-refractivity contribution in [2.75, 3.05) is 32.7 Å². The number of benzene rings is 2. The third-order valence-corrected chi connectivity index (χ3v) is 8.28. The van der Waals surface area contributed by atoms with Crippen LogP contribution in [-0.4, -0.2) is 48.6 Å². The van der Waals surface area contributed by atoms with Gasteiger partial charge in [0.1, 0.15) is 11.6 Å². The average Bonchev–Trinajstić information content (AvgIpc) is 2.77. The summed E-state index contributed by atoms with van der Waals surface area (Å²) in [5, 5.41) is 3.52. The molecule has 1 N–H and O–H groups in total. The summed E-state index contributed by atoms with van der Waals surface area (Å²) in [6, 6.07) is 13.7. The van der Waals surface area contributed by atoms with Gasteiger partial charge in [0, 0.05) is 44.3 Å². The van der Waals surface area contributed by atoms with Gasteiger partial charge in [0.05, 0.1) is 0 Å². The Hall–Kier alpha value is -1.82. The minimum absolute atomic E-state index is 0.319. The zero-order valence-electron chi connectivity index (χ0n) is 20.0. The first-order valence-electron chi connectivity index (χ1n) is 12.7. The third-order valence-electron chi connectivity index (χ3n) is 8.28. The third kappa shape index (κ3) is 4.87. The van der Waals surface area contributed by atoms with Crippen LogP contribution in [0.3, 0.4) is 0 Å². The number of nitrogens with one attached hydrogen (secondary N) is 1. The highest BCUT2D eigenvalue weighted by molar-refractivity contribution is 5.33. The quantitative estimate of drug-likeness (QED) is 0.647. The zero-order valence-corrected chi connectivity index (χ0v) is 20.0. The van der Waals surface area contributed by atoms with E-state index in [1.165, 1.54) is 48.9 Å². The Labute approximate surface area is 197 Å². The van der Waals surface area contributed by atoms with Gasteiger partial charge in [-0.25, -0.2) is 8.78 Å². The van der Waals surface area contributed by atoms with E-state index in [1.807, 2.05) is 0 Å². The Morgan fingerprint density at radius 3 is 2.39 bits per heavy atom. The fourth-order valence-electron chi connectivity index (χ4n) is 6.55. The molecule has 1 atom stereocenters. The largest absolute Gasteiger partial charge is 0.317 e. The van der Waals surface area contributed by atoms with Crippen LogP contribution in [0.1, 0.15) is 68.2 Å². The molecule has 2 aromatic rings. The van der Waals surface area contributed by atoms with E-state index in [0.29, 0.717) is 35.5 Å². The minimum Gasteiger partial charge on any atom is -0.317 e. The summed E-state index contributed by atoms with van der Waals surface area (Å²) in [5.41, 5.74) is 4.11. The number of halogens is 2. The zero-order chi connectivity index (χ0) is 23.0. The molecule has 0 amide bonds. The second-order valence-electron chi connectivity index (χ2n) is 10.9. The summed E-state index contributed by atoms with van der Waals surface area (Å²) in [6.45, 7) is 10.3. The maximum absolute atomic E-state index is 13.8. The van der Waals surface area contributed by atoms with E-state index in [4.69, 9.17) is 0 Å². The fourth-order valence-corrected chi connectivity index (χ4v) is 6.55. The van der Waals surface area contributed by atoms with Gasteiger partial charge in [-0.05, 0) is 78.9 Å². The van der Waals surface area contributed by atoms with Crippen molar-refractivity contribution in [3.63, 3.8) is 0 Å². The Kier molecular flexibility index (Phi) is 6.56. The fraction of sp³-hybridized carbons (Fsp3) is 0.571. The molecule has 5 rings (SSSR count). The first-order chi connectivity index (χ1) is 15.9. The summed E-state index contributed by atoms with van der Waals surface area (Å²) in [5.74, 6) is -0.521. The van der Waals surface area contributed by atoms with Gasteiger partial charge >= 0.3 is 0 Å². The van der Waals surface area contributed by atoms with E-state index in [2.05, 4.69) is 53.2 Å². The molecule has 5 heteroatoms. The Morgan fingerprint density at radius 2 is 1.70 bits per heavy atom. The maximum atomic E-state index is 13.8. The molecule has 2 aromatic carbocycles. The van der Waals surface area contributed by atoms with Crippen LogP contribution in [-0.2, 0) is 6.54 Å². The van der Waals surface area contributed by atoms with Crippen molar-refractivity contribution in [2.45, 2.75) is 64.1 Å². The van der Waals surface area contributed by atoms with Gasteiger partial charge in [-0.2, -0.15) is 0 Å². The lowest BCUT2D eigenvalue weighted by Crippen LogP contribution is -2.59. The predicted molar refractivity (Wildman–Crippen MR) is 129 cm³/mol. The summed E-state index contributed by atoms with van der Waals surface area (Å²) < 4.78 is 27.6. The van der Waals surface area contributed by atoms with E-state index >= 15 is 0 Å². The highest BCUT2D eigenvalue weighted by Crippen LogP contribution is 2.52. The molecule has 3 fully saturated rings. The van der Waals surface area contributed by atoms with E-state index < -0.39 is 11.6 Å². The Bertz CT molecular complexity index is 941. The van der Waals surface area contributed by atoms with Crippen LogP contribution in [0.2, 0.25) is 0 Å². The number of nitrogens with zero attached hydrogens (tertiary/aromatic N) is 2. The molecule has 1 spiro atoms. The molecule has 1 aliphatic carbocycles. The first kappa shape index (κ1) is 22.9. The molecule has 33 heavy (non-hydrogen) atoms. The van der Waals surface area contributed by atoms with Crippen LogP contribution in [0.4, 0.5) is 8.78 Å². The number of piperidine rings is 1. The minimum atomic E-state index is -0.493. The van der Waals surface area contributed by atoms with Crippen molar-refractivity contribution in [3.8, 4) is 0 Å². The Balaban J connectivity index is 1.38. The van der Waals surface area contributed by atoms with E-state index in [1.54, 1.807) is 0 Å². The van der Waals surface area contributed by atoms with E-state index in [0.717, 1.165) is 38.8 Å². The van der Waals surface area contributed by atoms with Gasteiger partial charge in [0.25, 0.3) is 0 Å². The molecule has 0 bridgehead atoms. The van der Waals surface area contributed by atoms with Crippen LogP contribution in [0.25, 0.3) is 0 Å². The molecule has 0 aromatic heterocycles. The van der Waals surface area contributed by atoms with Gasteiger partial charge in [0.2, 0.25) is 0 Å². The van der Waals surface area contributed by atoms with Crippen molar-refractivity contribution < 1.29 is 8.78 Å². The molecule has 2 saturated heterocycles. The van der Waals surface area contributed by atoms with Gasteiger partial charge in [0.15, 0.2) is 0 Å². The van der Waals surface area contributed by atoms with Crippen LogP contribution < -0.4 is 5.32 Å². The Morgan fingerprint density at radius 1 is 1.00 bits per heavy atom. The van der Waals surface area contributed by atoms with E-state index in [9.17, 15) is 8.78 Å². The lowest BCUT2D eigenvalue weighted by molar-refractivity contribution is -0.0650. The molecule has 1 saturated carbocycles. The summed E-state index contributed by atoms with van der Waals surface area (Å²) in [4.78, 5) is 5.14. The van der Waals surface area contributed by atoms with Gasteiger partial charge < -0.3 is 5.32 Å². The molecule has 178 valence electrons. The van der Waals surface area contributed by atoms with Crippen molar-refractivity contribution in [3.05, 3.63) is 70.8 Å². The molecule has 2 aliphatic heterocycles. The molecular formula is C28H37F2N3. The van der Waals surface area contributed by atoms with Crippen LogP contribution >= 0.6 is 0 Å². The average molecular weight is 454 g/mol. The maximum Gasteiger partial charge on any atom is 0.126 e. The van der Waals surface area contributed by atoms with Crippen LogP contribution in [0.5, 0.6) is 0 Å². The number of hydrogen-bond donors (Lipinski definition) is 1. The SMILES string of the molecule is CC(C)c1ccccc1C1CN(Cc2cc(F)cc(F)c2)CCN1C1CC2(CCNCC2)C1. The predicted octanol–water partition coefficient (Wildman–Crippen LogP) is 5.48. The topological polar surface area (TPSA) is 18.5 Å². The van der Waals surface area contributed by atoms with Crippen LogP contribution in [0, 0.1) is 17.0 Å². The molecule has 3 nitrogen and oxygen atoms in total. The molecule has 3 aliphatic rings. The van der Waals surface area contributed by atoms with Crippen molar-refractivity contribution in [1.29, 1.82) is 0 Å². The second-order valence-corrected chi connectivity index (χ2v) is 10.9. The highest BCUT2D eigenvalue weighted by atomic mass is 19.1. The summed E-state index contributed by atoms with van der Waals surface area (Å²) >= 11 is 0. The molecule has 1 unspecified atom stereocenters. The summed E-state index contributed by atoms with van der Waals surface area (Å²) in [7, 11) is 0. The van der Waals surface area contributed by atoms with E-state index in [-0.39, 0.29) is 0 Å². The normalized spacial score (nSPS) is 24.3. The smallest absolute Gasteiger partial charge is 0.126 e. The number of rotatable bonds is 5. The number of hydrogen-bond acceptors (Lipinski definition) is 3.